The van der Waals surface area contributed by atoms with Crippen LogP contribution in [-0.4, -0.2) is 28.3 Å². The number of aromatic nitrogens is 2. The van der Waals surface area contributed by atoms with Gasteiger partial charge in [-0.05, 0) is 17.7 Å². The van der Waals surface area contributed by atoms with Gasteiger partial charge in [0.2, 0.25) is 11.0 Å². The molecule has 0 fully saturated rings. The van der Waals surface area contributed by atoms with Crippen LogP contribution in [0.5, 0.6) is 0 Å². The largest absolute Gasteiger partial charge is 0.463 e. The van der Waals surface area contributed by atoms with Gasteiger partial charge in [0.05, 0.1) is 13.5 Å². The minimum Gasteiger partial charge on any atom is -0.463 e. The van der Waals surface area contributed by atoms with Crippen LogP contribution in [-0.2, 0) is 16.0 Å². The Morgan fingerprint density at radius 3 is 2.70 bits per heavy atom. The monoisotopic (exact) mass is 311 g/mol. The Morgan fingerprint density at radius 1 is 1.35 bits per heavy atom. The number of nitrogens with zero attached hydrogens (tertiary/aromatic N) is 2. The predicted octanol–water partition coefficient (Wildman–Crippen LogP) is 2.16. The number of hydrogen-bond acceptors (Lipinski definition) is 6. The molecule has 1 heterocycles. The number of carbonyl (C=O) groups excluding carboxylic acids is 2. The summed E-state index contributed by atoms with van der Waals surface area (Å²) in [6, 6.07) is 6.96. The smallest absolute Gasteiger partial charge is 0.377 e. The highest BCUT2D eigenvalue weighted by atomic mass is 35.5. The lowest BCUT2D eigenvalue weighted by molar-refractivity contribution is -0.115. The fourth-order valence-corrected chi connectivity index (χ4v) is 2.10. The summed E-state index contributed by atoms with van der Waals surface area (Å²) >= 11 is 6.68. The number of hydrogen-bond donors (Lipinski definition) is 1. The molecule has 0 atom stereocenters. The fraction of sp³-hybridized carbons (Fsp3) is 0.167. The van der Waals surface area contributed by atoms with Gasteiger partial charge in [-0.15, -0.1) is 0 Å². The molecule has 2 rings (SSSR count). The first-order valence-electron chi connectivity index (χ1n) is 5.55. The normalized spacial score (nSPS) is 10.1. The summed E-state index contributed by atoms with van der Waals surface area (Å²) in [6.07, 6.45) is 0.185. The summed E-state index contributed by atoms with van der Waals surface area (Å²) in [5, 5.41) is 3.44. The molecule has 104 valence electrons. The maximum absolute atomic E-state index is 11.8. The standard InChI is InChI=1S/C12H10ClN3O3S/c1-19-11(18)10-15-12(20-16-10)14-9(17)6-7-2-4-8(13)5-3-7/h2-5H,6H2,1H3,(H,14,15,16,17). The Morgan fingerprint density at radius 2 is 2.05 bits per heavy atom. The van der Waals surface area contributed by atoms with Gasteiger partial charge in [0.25, 0.3) is 5.82 Å². The van der Waals surface area contributed by atoms with E-state index in [9.17, 15) is 9.59 Å². The lowest BCUT2D eigenvalue weighted by Crippen LogP contribution is -2.14. The lowest BCUT2D eigenvalue weighted by Gasteiger charge is -2.01. The zero-order valence-corrected chi connectivity index (χ0v) is 12.0. The Balaban J connectivity index is 1.96. The molecule has 6 nitrogen and oxygen atoms in total. The van der Waals surface area contributed by atoms with Crippen LogP contribution < -0.4 is 5.32 Å². The number of ether oxygens (including phenoxy) is 1. The zero-order valence-electron chi connectivity index (χ0n) is 10.4. The molecular weight excluding hydrogens is 302 g/mol. The zero-order chi connectivity index (χ0) is 14.5. The molecular formula is C12H10ClN3O3S. The van der Waals surface area contributed by atoms with Crippen molar-refractivity contribution < 1.29 is 14.3 Å². The van der Waals surface area contributed by atoms with E-state index in [1.165, 1.54) is 7.11 Å². The van der Waals surface area contributed by atoms with E-state index >= 15 is 0 Å². The molecule has 8 heteroatoms. The number of nitrogens with one attached hydrogen (secondary N) is 1. The van der Waals surface area contributed by atoms with Crippen molar-refractivity contribution in [3.8, 4) is 0 Å². The van der Waals surface area contributed by atoms with Crippen LogP contribution in [0.15, 0.2) is 24.3 Å². The molecule has 0 aliphatic rings. The van der Waals surface area contributed by atoms with E-state index < -0.39 is 5.97 Å². The third kappa shape index (κ3) is 3.75. The van der Waals surface area contributed by atoms with Gasteiger partial charge in [0, 0.05) is 16.6 Å². The van der Waals surface area contributed by atoms with Crippen LogP contribution in [0.25, 0.3) is 0 Å². The number of rotatable bonds is 4. The highest BCUT2D eigenvalue weighted by Crippen LogP contribution is 2.13. The third-order valence-electron chi connectivity index (χ3n) is 2.32. The van der Waals surface area contributed by atoms with E-state index in [0.717, 1.165) is 17.1 Å². The van der Waals surface area contributed by atoms with E-state index in [4.69, 9.17) is 11.6 Å². The average Bonchev–Trinajstić information content (AvgIpc) is 2.89. The molecule has 0 saturated heterocycles. The Labute approximate surface area is 123 Å². The lowest BCUT2D eigenvalue weighted by atomic mass is 10.1. The van der Waals surface area contributed by atoms with Gasteiger partial charge in [-0.1, -0.05) is 23.7 Å². The van der Waals surface area contributed by atoms with Crippen LogP contribution in [0.1, 0.15) is 16.2 Å². The topological polar surface area (TPSA) is 81.2 Å². The summed E-state index contributed by atoms with van der Waals surface area (Å²) in [7, 11) is 1.24. The Hall–Kier alpha value is -1.99. The van der Waals surface area contributed by atoms with Crippen molar-refractivity contribution in [2.75, 3.05) is 12.4 Å². The van der Waals surface area contributed by atoms with Gasteiger partial charge in [0.15, 0.2) is 0 Å². The molecule has 20 heavy (non-hydrogen) atoms. The summed E-state index contributed by atoms with van der Waals surface area (Å²) in [5.41, 5.74) is 0.824. The number of carbonyl (C=O) groups is 2. The van der Waals surface area contributed by atoms with Crippen LogP contribution in [0.3, 0.4) is 0 Å². The molecule has 1 N–H and O–H groups in total. The van der Waals surface area contributed by atoms with Crippen LogP contribution in [0, 0.1) is 0 Å². The highest BCUT2D eigenvalue weighted by molar-refractivity contribution is 7.10. The Bertz CT molecular complexity index is 627. The molecule has 0 aliphatic carbocycles. The van der Waals surface area contributed by atoms with Gasteiger partial charge in [-0.3, -0.25) is 4.79 Å². The first-order chi connectivity index (χ1) is 9.58. The minimum atomic E-state index is -0.639. The molecule has 2 aromatic rings. The second-order valence-electron chi connectivity index (χ2n) is 3.77. The minimum absolute atomic E-state index is 0.0701. The van der Waals surface area contributed by atoms with Crippen LogP contribution in [0.2, 0.25) is 5.02 Å². The second-order valence-corrected chi connectivity index (χ2v) is 4.95. The maximum atomic E-state index is 11.8. The fourth-order valence-electron chi connectivity index (χ4n) is 1.40. The van der Waals surface area contributed by atoms with Crippen LogP contribution >= 0.6 is 23.1 Å². The molecule has 0 aliphatic heterocycles. The number of methoxy groups -OCH3 is 1. The number of esters is 1. The highest BCUT2D eigenvalue weighted by Gasteiger charge is 2.14. The van der Waals surface area contributed by atoms with Gasteiger partial charge in [-0.2, -0.15) is 9.36 Å². The first kappa shape index (κ1) is 14.4. The maximum Gasteiger partial charge on any atom is 0.377 e. The second kappa shape index (κ2) is 6.44. The molecule has 1 amide bonds. The number of halogens is 1. The van der Waals surface area contributed by atoms with Crippen LogP contribution in [0.4, 0.5) is 5.13 Å². The molecule has 1 aromatic heterocycles. The van der Waals surface area contributed by atoms with Gasteiger partial charge in [0.1, 0.15) is 0 Å². The third-order valence-corrected chi connectivity index (χ3v) is 3.20. The van der Waals surface area contributed by atoms with Gasteiger partial charge >= 0.3 is 5.97 Å². The molecule has 0 unspecified atom stereocenters. The number of benzene rings is 1. The molecule has 0 spiro atoms. The van der Waals surface area contributed by atoms with Crippen molar-refractivity contribution in [1.82, 2.24) is 9.36 Å². The van der Waals surface area contributed by atoms with Gasteiger partial charge in [-0.25, -0.2) is 4.79 Å². The number of anilines is 1. The SMILES string of the molecule is COC(=O)c1nsc(NC(=O)Cc2ccc(Cl)cc2)n1. The van der Waals surface area contributed by atoms with E-state index in [2.05, 4.69) is 19.4 Å². The van der Waals surface area contributed by atoms with E-state index in [1.54, 1.807) is 24.3 Å². The molecule has 0 radical (unpaired) electrons. The quantitative estimate of drug-likeness (QED) is 0.875. The van der Waals surface area contributed by atoms with Crippen molar-refractivity contribution in [2.45, 2.75) is 6.42 Å². The average molecular weight is 312 g/mol. The summed E-state index contributed by atoms with van der Waals surface area (Å²) in [6.45, 7) is 0. The molecule has 0 bridgehead atoms. The van der Waals surface area contributed by atoms with E-state index in [0.29, 0.717) is 5.02 Å². The van der Waals surface area contributed by atoms with Crippen molar-refractivity contribution in [3.05, 3.63) is 40.7 Å². The summed E-state index contributed by atoms with van der Waals surface area (Å²) < 4.78 is 8.26. The molecule has 0 saturated carbocycles. The molecule has 1 aromatic carbocycles. The van der Waals surface area contributed by atoms with Crippen molar-refractivity contribution in [1.29, 1.82) is 0 Å². The van der Waals surface area contributed by atoms with E-state index in [-0.39, 0.29) is 23.3 Å². The van der Waals surface area contributed by atoms with Gasteiger partial charge < -0.3 is 10.1 Å². The Kier molecular flexibility index (Phi) is 4.65. The first-order valence-corrected chi connectivity index (χ1v) is 6.70. The van der Waals surface area contributed by atoms with Crippen molar-refractivity contribution in [3.63, 3.8) is 0 Å². The summed E-state index contributed by atoms with van der Waals surface area (Å²) in [4.78, 5) is 26.8. The van der Waals surface area contributed by atoms with Crippen molar-refractivity contribution in [2.24, 2.45) is 0 Å². The number of amides is 1. The van der Waals surface area contributed by atoms with E-state index in [1.807, 2.05) is 0 Å². The summed E-state index contributed by atoms with van der Waals surface area (Å²) in [5.74, 6) is -0.960. The van der Waals surface area contributed by atoms with Crippen molar-refractivity contribution >= 4 is 40.1 Å². The predicted molar refractivity (Wildman–Crippen MR) is 75.0 cm³/mol.